The lowest BCUT2D eigenvalue weighted by molar-refractivity contribution is -0.115. The van der Waals surface area contributed by atoms with Crippen LogP contribution in [0.15, 0.2) is 83.9 Å². The number of benzene rings is 3. The molecule has 30 heavy (non-hydrogen) atoms. The van der Waals surface area contributed by atoms with Gasteiger partial charge in [-0.05, 0) is 63.0 Å². The SMILES string of the molecule is Cc1ccc(CN(C=O)C(CN(C)C)=Nc2ccc(Oc3ccccc3)cc2)cc1. The van der Waals surface area contributed by atoms with Crippen molar-refractivity contribution in [3.8, 4) is 11.5 Å². The molecule has 0 atom stereocenters. The Morgan fingerprint density at radius 3 is 2.13 bits per heavy atom. The Morgan fingerprint density at radius 2 is 1.53 bits per heavy atom. The van der Waals surface area contributed by atoms with E-state index in [1.54, 1.807) is 4.90 Å². The van der Waals surface area contributed by atoms with Crippen molar-refractivity contribution in [1.82, 2.24) is 9.80 Å². The number of nitrogens with zero attached hydrogens (tertiary/aromatic N) is 3. The van der Waals surface area contributed by atoms with E-state index in [0.717, 1.165) is 29.2 Å². The molecule has 0 aliphatic carbocycles. The first-order valence-corrected chi connectivity index (χ1v) is 9.86. The highest BCUT2D eigenvalue weighted by Gasteiger charge is 2.13. The Balaban J connectivity index is 1.79. The van der Waals surface area contributed by atoms with Crippen LogP contribution in [0.1, 0.15) is 11.1 Å². The van der Waals surface area contributed by atoms with E-state index in [9.17, 15) is 4.79 Å². The normalized spacial score (nSPS) is 11.4. The van der Waals surface area contributed by atoms with Gasteiger partial charge in [0.15, 0.2) is 0 Å². The predicted molar refractivity (Wildman–Crippen MR) is 121 cm³/mol. The molecule has 0 N–H and O–H groups in total. The summed E-state index contributed by atoms with van der Waals surface area (Å²) in [5.41, 5.74) is 3.02. The smallest absolute Gasteiger partial charge is 0.215 e. The van der Waals surface area contributed by atoms with E-state index in [2.05, 4.69) is 0 Å². The van der Waals surface area contributed by atoms with E-state index in [1.807, 2.05) is 105 Å². The van der Waals surface area contributed by atoms with Crippen LogP contribution in [0, 0.1) is 6.92 Å². The van der Waals surface area contributed by atoms with Crippen LogP contribution in [0.4, 0.5) is 5.69 Å². The number of hydrogen-bond acceptors (Lipinski definition) is 4. The second-order valence-corrected chi connectivity index (χ2v) is 7.39. The van der Waals surface area contributed by atoms with Crippen LogP contribution >= 0.6 is 0 Å². The second-order valence-electron chi connectivity index (χ2n) is 7.39. The number of carbonyl (C=O) groups excluding carboxylic acids is 1. The Morgan fingerprint density at radius 1 is 0.900 bits per heavy atom. The molecule has 5 nitrogen and oxygen atoms in total. The number of amidine groups is 1. The molecular formula is C25H27N3O2. The monoisotopic (exact) mass is 401 g/mol. The van der Waals surface area contributed by atoms with Crippen molar-refractivity contribution < 1.29 is 9.53 Å². The summed E-state index contributed by atoms with van der Waals surface area (Å²) in [4.78, 5) is 20.2. The number of aryl methyl sites for hydroxylation is 1. The summed E-state index contributed by atoms with van der Waals surface area (Å²) in [6, 6.07) is 25.4. The molecule has 3 aromatic carbocycles. The molecule has 0 unspecified atom stereocenters. The fraction of sp³-hybridized carbons (Fsp3) is 0.200. The predicted octanol–water partition coefficient (Wildman–Crippen LogP) is 5.04. The first-order valence-electron chi connectivity index (χ1n) is 9.86. The molecule has 3 rings (SSSR count). The summed E-state index contributed by atoms with van der Waals surface area (Å²) in [5.74, 6) is 2.21. The largest absolute Gasteiger partial charge is 0.457 e. The molecule has 0 spiro atoms. The number of para-hydroxylation sites is 1. The van der Waals surface area contributed by atoms with Gasteiger partial charge in [0.1, 0.15) is 17.3 Å². The standard InChI is InChI=1S/C25H27N3O2/c1-20-9-11-21(12-10-20)17-28(19-29)25(18-27(2)3)26-22-13-15-24(16-14-22)30-23-7-5-4-6-8-23/h4-16,19H,17-18H2,1-3H3. The fourth-order valence-corrected chi connectivity index (χ4v) is 2.92. The molecule has 0 aliphatic heterocycles. The van der Waals surface area contributed by atoms with Crippen LogP contribution < -0.4 is 4.74 Å². The lowest BCUT2D eigenvalue weighted by atomic mass is 10.1. The van der Waals surface area contributed by atoms with Crippen molar-refractivity contribution in [2.75, 3.05) is 20.6 Å². The minimum atomic E-state index is 0.478. The van der Waals surface area contributed by atoms with E-state index in [-0.39, 0.29) is 0 Å². The van der Waals surface area contributed by atoms with Gasteiger partial charge in [-0.3, -0.25) is 9.69 Å². The van der Waals surface area contributed by atoms with E-state index in [4.69, 9.17) is 9.73 Å². The molecular weight excluding hydrogens is 374 g/mol. The average Bonchev–Trinajstić information content (AvgIpc) is 2.75. The Bertz CT molecular complexity index is 966. The molecule has 0 aromatic heterocycles. The molecule has 0 saturated carbocycles. The van der Waals surface area contributed by atoms with Crippen LogP contribution in [-0.4, -0.2) is 42.7 Å². The van der Waals surface area contributed by atoms with Crippen molar-refractivity contribution in [3.63, 3.8) is 0 Å². The summed E-state index contributed by atoms with van der Waals surface area (Å²) in [7, 11) is 3.92. The van der Waals surface area contributed by atoms with Gasteiger partial charge in [-0.25, -0.2) is 4.99 Å². The van der Waals surface area contributed by atoms with E-state index < -0.39 is 0 Å². The summed E-state index contributed by atoms with van der Waals surface area (Å²) in [5, 5.41) is 0. The van der Waals surface area contributed by atoms with Gasteiger partial charge in [-0.15, -0.1) is 0 Å². The number of hydrogen-bond donors (Lipinski definition) is 0. The Labute approximate surface area is 178 Å². The second kappa shape index (κ2) is 10.4. The van der Waals surface area contributed by atoms with Gasteiger partial charge < -0.3 is 9.64 Å². The van der Waals surface area contributed by atoms with Crippen molar-refractivity contribution in [2.45, 2.75) is 13.5 Å². The summed E-state index contributed by atoms with van der Waals surface area (Å²) in [6.45, 7) is 3.07. The molecule has 3 aromatic rings. The van der Waals surface area contributed by atoms with Crippen LogP contribution in [0.3, 0.4) is 0 Å². The quantitative estimate of drug-likeness (QED) is 0.302. The van der Waals surface area contributed by atoms with Crippen LogP contribution in [0.25, 0.3) is 0 Å². The zero-order valence-electron chi connectivity index (χ0n) is 17.7. The van der Waals surface area contributed by atoms with Gasteiger partial charge in [0.05, 0.1) is 18.8 Å². The highest BCUT2D eigenvalue weighted by molar-refractivity contribution is 5.93. The van der Waals surface area contributed by atoms with Crippen molar-refractivity contribution in [2.24, 2.45) is 4.99 Å². The number of rotatable bonds is 8. The van der Waals surface area contributed by atoms with E-state index >= 15 is 0 Å². The Hall–Kier alpha value is -3.44. The van der Waals surface area contributed by atoms with Gasteiger partial charge in [0.2, 0.25) is 6.41 Å². The molecule has 0 bridgehead atoms. The first kappa shape index (κ1) is 21.3. The molecule has 0 heterocycles. The molecule has 1 amide bonds. The maximum absolute atomic E-state index is 11.9. The number of aliphatic imine (C=N–C) groups is 1. The number of likely N-dealkylation sites (N-methyl/N-ethyl adjacent to an activating group) is 1. The highest BCUT2D eigenvalue weighted by atomic mass is 16.5. The minimum Gasteiger partial charge on any atom is -0.457 e. The number of amides is 1. The third-order valence-corrected chi connectivity index (χ3v) is 4.46. The van der Waals surface area contributed by atoms with Gasteiger partial charge in [0.25, 0.3) is 0 Å². The van der Waals surface area contributed by atoms with Crippen molar-refractivity contribution in [1.29, 1.82) is 0 Å². The lowest BCUT2D eigenvalue weighted by Crippen LogP contribution is -2.36. The maximum atomic E-state index is 11.9. The fourth-order valence-electron chi connectivity index (χ4n) is 2.92. The summed E-state index contributed by atoms with van der Waals surface area (Å²) < 4.78 is 5.84. The first-order chi connectivity index (χ1) is 14.5. The average molecular weight is 402 g/mol. The number of carbonyl (C=O) groups is 1. The van der Waals surface area contributed by atoms with Crippen LogP contribution in [-0.2, 0) is 11.3 Å². The van der Waals surface area contributed by atoms with Gasteiger partial charge in [-0.1, -0.05) is 48.0 Å². The minimum absolute atomic E-state index is 0.478. The molecule has 0 radical (unpaired) electrons. The van der Waals surface area contributed by atoms with Crippen LogP contribution in [0.2, 0.25) is 0 Å². The summed E-state index contributed by atoms with van der Waals surface area (Å²) in [6.07, 6.45) is 0.842. The van der Waals surface area contributed by atoms with E-state index in [1.165, 1.54) is 5.56 Å². The van der Waals surface area contributed by atoms with Crippen molar-refractivity contribution >= 4 is 17.9 Å². The molecule has 154 valence electrons. The highest BCUT2D eigenvalue weighted by Crippen LogP contribution is 2.24. The Kier molecular flexibility index (Phi) is 7.35. The molecule has 0 fully saturated rings. The zero-order chi connectivity index (χ0) is 21.3. The van der Waals surface area contributed by atoms with Gasteiger partial charge >= 0.3 is 0 Å². The van der Waals surface area contributed by atoms with Crippen molar-refractivity contribution in [3.05, 3.63) is 90.0 Å². The maximum Gasteiger partial charge on any atom is 0.215 e. The van der Waals surface area contributed by atoms with Gasteiger partial charge in [0, 0.05) is 0 Å². The number of ether oxygens (including phenoxy) is 1. The van der Waals surface area contributed by atoms with E-state index in [0.29, 0.717) is 18.9 Å². The third kappa shape index (κ3) is 6.29. The molecule has 0 saturated heterocycles. The third-order valence-electron chi connectivity index (χ3n) is 4.46. The topological polar surface area (TPSA) is 45.1 Å². The lowest BCUT2D eigenvalue weighted by Gasteiger charge is -2.22. The van der Waals surface area contributed by atoms with Gasteiger partial charge in [-0.2, -0.15) is 0 Å². The van der Waals surface area contributed by atoms with Crippen LogP contribution in [0.5, 0.6) is 11.5 Å². The summed E-state index contributed by atoms with van der Waals surface area (Å²) >= 11 is 0. The molecule has 0 aliphatic rings. The zero-order valence-corrected chi connectivity index (χ0v) is 17.7. The molecule has 5 heteroatoms.